The van der Waals surface area contributed by atoms with Crippen LogP contribution in [-0.4, -0.2) is 6.10 Å². The van der Waals surface area contributed by atoms with Gasteiger partial charge in [-0.3, -0.25) is 0 Å². The second-order valence-electron chi connectivity index (χ2n) is 6.38. The average Bonchev–Trinajstić information content (AvgIpc) is 2.54. The second kappa shape index (κ2) is 4.62. The van der Waals surface area contributed by atoms with Crippen molar-refractivity contribution in [2.24, 2.45) is 5.18 Å². The molecule has 0 saturated carbocycles. The summed E-state index contributed by atoms with van der Waals surface area (Å²) in [6, 6.07) is 2.09. The van der Waals surface area contributed by atoms with Crippen LogP contribution < -0.4 is 4.74 Å². The minimum atomic E-state index is -0.0258. The largest absolute Gasteiger partial charge is 0.489 e. The van der Waals surface area contributed by atoms with Gasteiger partial charge in [-0.1, -0.05) is 32.9 Å². The smallest absolute Gasteiger partial charge is 0.127 e. The van der Waals surface area contributed by atoms with Crippen LogP contribution in [0, 0.1) is 11.8 Å². The molecule has 0 aliphatic carbocycles. The van der Waals surface area contributed by atoms with Crippen molar-refractivity contribution in [2.45, 2.75) is 65.5 Å². The molecule has 2 rings (SSSR count). The van der Waals surface area contributed by atoms with Gasteiger partial charge in [-0.05, 0) is 42.5 Å². The van der Waals surface area contributed by atoms with Crippen LogP contribution >= 0.6 is 0 Å². The van der Waals surface area contributed by atoms with Gasteiger partial charge in [0.25, 0.3) is 0 Å². The Morgan fingerprint density at radius 3 is 2.58 bits per heavy atom. The highest BCUT2D eigenvalue weighted by Gasteiger charge is 2.42. The van der Waals surface area contributed by atoms with Gasteiger partial charge in [-0.25, -0.2) is 0 Å². The summed E-state index contributed by atoms with van der Waals surface area (Å²) >= 11 is 0. The van der Waals surface area contributed by atoms with E-state index in [2.05, 4.69) is 52.8 Å². The first-order valence-electron chi connectivity index (χ1n) is 6.93. The first kappa shape index (κ1) is 14.0. The van der Waals surface area contributed by atoms with Gasteiger partial charge >= 0.3 is 0 Å². The lowest BCUT2D eigenvalue weighted by Crippen LogP contribution is -2.29. The average molecular weight is 261 g/mol. The molecular formula is C16H23NO2. The first-order chi connectivity index (χ1) is 8.80. The van der Waals surface area contributed by atoms with E-state index in [1.165, 1.54) is 11.1 Å². The lowest BCUT2D eigenvalue weighted by Gasteiger charge is -2.24. The maximum atomic E-state index is 10.7. The minimum Gasteiger partial charge on any atom is -0.489 e. The van der Waals surface area contributed by atoms with E-state index >= 15 is 0 Å². The van der Waals surface area contributed by atoms with Gasteiger partial charge in [0.2, 0.25) is 0 Å². The summed E-state index contributed by atoms with van der Waals surface area (Å²) in [7, 11) is 0. The quantitative estimate of drug-likeness (QED) is 0.754. The summed E-state index contributed by atoms with van der Waals surface area (Å²) < 4.78 is 6.12. The molecule has 1 heterocycles. The Kier molecular flexibility index (Phi) is 3.41. The number of hydrogen-bond donors (Lipinski definition) is 0. The first-order valence-corrected chi connectivity index (χ1v) is 6.93. The van der Waals surface area contributed by atoms with E-state index in [9.17, 15) is 4.91 Å². The Bertz CT molecular complexity index is 518. The number of ether oxygens (including phenoxy) is 1. The summed E-state index contributed by atoms with van der Waals surface area (Å²) in [5.74, 6) is 1.40. The number of rotatable bonds is 3. The van der Waals surface area contributed by atoms with Crippen molar-refractivity contribution in [3.05, 3.63) is 33.2 Å². The van der Waals surface area contributed by atoms with Crippen LogP contribution in [0.5, 0.6) is 5.75 Å². The molecule has 0 amide bonds. The lowest BCUT2D eigenvalue weighted by molar-refractivity contribution is 0.184. The molecule has 1 aromatic rings. The normalized spacial score (nSPS) is 20.3. The zero-order chi connectivity index (χ0) is 14.4. The number of fused-ring (bicyclic) bond motifs is 1. The molecule has 0 aromatic heterocycles. The Balaban J connectivity index is 2.73. The van der Waals surface area contributed by atoms with E-state index < -0.39 is 0 Å². The highest BCUT2D eigenvalue weighted by atomic mass is 16.5. The van der Waals surface area contributed by atoms with E-state index in [4.69, 9.17) is 4.74 Å². The number of hydrogen-bond acceptors (Lipinski definition) is 3. The molecule has 0 fully saturated rings. The molecule has 1 aliphatic rings. The van der Waals surface area contributed by atoms with Crippen molar-refractivity contribution < 1.29 is 4.74 Å². The molecule has 0 radical (unpaired) electrons. The van der Waals surface area contributed by atoms with Crippen LogP contribution in [0.3, 0.4) is 0 Å². The van der Waals surface area contributed by atoms with Gasteiger partial charge in [0.05, 0.1) is 0 Å². The molecule has 3 heteroatoms. The standard InChI is InChI=1S/C16H23NO2/c1-9(2)13-7-12(8-17-18)10(3)14-15(13)19-11(4)16(14,5)6/h7,9,11H,8H2,1-6H3. The molecule has 1 unspecified atom stereocenters. The highest BCUT2D eigenvalue weighted by molar-refractivity contribution is 5.57. The van der Waals surface area contributed by atoms with Gasteiger partial charge in [0, 0.05) is 11.0 Å². The van der Waals surface area contributed by atoms with Crippen molar-refractivity contribution in [3.8, 4) is 5.75 Å². The van der Waals surface area contributed by atoms with Crippen LogP contribution in [-0.2, 0) is 12.0 Å². The fourth-order valence-electron chi connectivity index (χ4n) is 2.93. The molecule has 104 valence electrons. The zero-order valence-electron chi connectivity index (χ0n) is 12.7. The summed E-state index contributed by atoms with van der Waals surface area (Å²) in [5, 5.41) is 3.07. The summed E-state index contributed by atoms with van der Waals surface area (Å²) in [6.45, 7) is 13.2. The minimum absolute atomic E-state index is 0.0258. The zero-order valence-corrected chi connectivity index (χ0v) is 12.7. The highest BCUT2D eigenvalue weighted by Crippen LogP contribution is 2.49. The maximum absolute atomic E-state index is 10.7. The lowest BCUT2D eigenvalue weighted by atomic mass is 9.77. The molecule has 0 bridgehead atoms. The Labute approximate surface area is 115 Å². The summed E-state index contributed by atoms with van der Waals surface area (Å²) in [4.78, 5) is 10.7. The van der Waals surface area contributed by atoms with E-state index in [1.54, 1.807) is 0 Å². The van der Waals surface area contributed by atoms with Crippen LogP contribution in [0.2, 0.25) is 0 Å². The Hall–Kier alpha value is -1.38. The molecular weight excluding hydrogens is 238 g/mol. The maximum Gasteiger partial charge on any atom is 0.127 e. The third-order valence-electron chi connectivity index (χ3n) is 4.49. The molecule has 0 N–H and O–H groups in total. The third kappa shape index (κ3) is 2.05. The molecule has 0 saturated heterocycles. The van der Waals surface area contributed by atoms with Crippen molar-refractivity contribution in [1.29, 1.82) is 0 Å². The fourth-order valence-corrected chi connectivity index (χ4v) is 2.93. The predicted molar refractivity (Wildman–Crippen MR) is 77.9 cm³/mol. The number of nitrogens with zero attached hydrogens (tertiary/aromatic N) is 1. The Morgan fingerprint density at radius 2 is 2.05 bits per heavy atom. The van der Waals surface area contributed by atoms with Gasteiger partial charge in [0.1, 0.15) is 18.4 Å². The van der Waals surface area contributed by atoms with Crippen LogP contribution in [0.15, 0.2) is 11.2 Å². The molecule has 1 aromatic carbocycles. The summed E-state index contributed by atoms with van der Waals surface area (Å²) in [6.07, 6.45) is 0.151. The van der Waals surface area contributed by atoms with E-state index in [-0.39, 0.29) is 18.1 Å². The van der Waals surface area contributed by atoms with Crippen molar-refractivity contribution in [1.82, 2.24) is 0 Å². The molecule has 3 nitrogen and oxygen atoms in total. The SMILES string of the molecule is Cc1c(CN=O)cc(C(C)C)c2c1C(C)(C)C(C)O2. The molecule has 19 heavy (non-hydrogen) atoms. The van der Waals surface area contributed by atoms with Gasteiger partial charge in [-0.15, -0.1) is 0 Å². The van der Waals surface area contributed by atoms with Crippen molar-refractivity contribution >= 4 is 0 Å². The number of nitroso groups, excluding NO2 is 1. The van der Waals surface area contributed by atoms with E-state index in [0.29, 0.717) is 5.92 Å². The van der Waals surface area contributed by atoms with Crippen LogP contribution in [0.4, 0.5) is 0 Å². The van der Waals surface area contributed by atoms with Gasteiger partial charge in [-0.2, -0.15) is 4.91 Å². The monoisotopic (exact) mass is 261 g/mol. The third-order valence-corrected chi connectivity index (χ3v) is 4.49. The van der Waals surface area contributed by atoms with Gasteiger partial charge in [0.15, 0.2) is 0 Å². The summed E-state index contributed by atoms with van der Waals surface area (Å²) in [5.41, 5.74) is 4.61. The molecule has 0 spiro atoms. The van der Waals surface area contributed by atoms with Gasteiger partial charge < -0.3 is 4.74 Å². The van der Waals surface area contributed by atoms with Crippen LogP contribution in [0.1, 0.15) is 62.8 Å². The fraction of sp³-hybridized carbons (Fsp3) is 0.625. The van der Waals surface area contributed by atoms with E-state index in [1.807, 2.05) is 0 Å². The predicted octanol–water partition coefficient (Wildman–Crippen LogP) is 4.44. The molecule has 1 aliphatic heterocycles. The number of benzene rings is 1. The Morgan fingerprint density at radius 1 is 1.42 bits per heavy atom. The second-order valence-corrected chi connectivity index (χ2v) is 6.38. The van der Waals surface area contributed by atoms with E-state index in [0.717, 1.165) is 16.9 Å². The molecule has 1 atom stereocenters. The van der Waals surface area contributed by atoms with Crippen molar-refractivity contribution in [3.63, 3.8) is 0 Å². The van der Waals surface area contributed by atoms with Crippen molar-refractivity contribution in [2.75, 3.05) is 0 Å². The van der Waals surface area contributed by atoms with Crippen LogP contribution in [0.25, 0.3) is 0 Å². The topological polar surface area (TPSA) is 38.7 Å².